The van der Waals surface area contributed by atoms with Crippen LogP contribution < -0.4 is 11.1 Å². The Morgan fingerprint density at radius 2 is 2.42 bits per heavy atom. The molecule has 1 aromatic heterocycles. The average molecular weight is 165 g/mol. The predicted octanol–water partition coefficient (Wildman–Crippen LogP) is 0.816. The quantitative estimate of drug-likeness (QED) is 0.649. The first-order valence-electron chi connectivity index (χ1n) is 4.24. The molecule has 0 radical (unpaired) electrons. The van der Waals surface area contributed by atoms with Crippen LogP contribution in [0.2, 0.25) is 0 Å². The zero-order chi connectivity index (χ0) is 8.81. The van der Waals surface area contributed by atoms with Crippen molar-refractivity contribution in [2.75, 3.05) is 18.8 Å². The highest BCUT2D eigenvalue weighted by atomic mass is 14.8. The van der Waals surface area contributed by atoms with Crippen LogP contribution >= 0.6 is 0 Å². The van der Waals surface area contributed by atoms with E-state index in [9.17, 15) is 0 Å². The van der Waals surface area contributed by atoms with Gasteiger partial charge in [-0.3, -0.25) is 0 Å². The Labute approximate surface area is 73.0 Å². The van der Waals surface area contributed by atoms with E-state index in [2.05, 4.69) is 17.2 Å². The molecule has 0 bridgehead atoms. The Morgan fingerprint density at radius 1 is 1.58 bits per heavy atom. The molecule has 0 aliphatic rings. The summed E-state index contributed by atoms with van der Waals surface area (Å²) in [6, 6.07) is 3.91. The molecule has 3 heteroatoms. The van der Waals surface area contributed by atoms with Crippen LogP contribution in [0.25, 0.3) is 0 Å². The summed E-state index contributed by atoms with van der Waals surface area (Å²) in [6.07, 6.45) is 2.76. The Balaban J connectivity index is 2.41. The number of nitrogen functional groups attached to an aromatic ring is 1. The van der Waals surface area contributed by atoms with Crippen LogP contribution in [0.3, 0.4) is 0 Å². The normalized spacial score (nSPS) is 10.1. The maximum atomic E-state index is 5.53. The number of likely N-dealkylation sites (N-methyl/N-ethyl adjacent to an activating group) is 1. The lowest BCUT2D eigenvalue weighted by Gasteiger charge is -2.01. The number of aromatic nitrogens is 1. The van der Waals surface area contributed by atoms with Crippen molar-refractivity contribution >= 4 is 5.82 Å². The van der Waals surface area contributed by atoms with Gasteiger partial charge in [0, 0.05) is 6.20 Å². The van der Waals surface area contributed by atoms with Crippen LogP contribution in [0.15, 0.2) is 18.3 Å². The second-order valence-corrected chi connectivity index (χ2v) is 2.69. The number of anilines is 1. The molecule has 0 atom stereocenters. The van der Waals surface area contributed by atoms with Gasteiger partial charge in [0.1, 0.15) is 5.82 Å². The highest BCUT2D eigenvalue weighted by Crippen LogP contribution is 2.02. The van der Waals surface area contributed by atoms with Crippen molar-refractivity contribution in [2.45, 2.75) is 13.3 Å². The molecule has 1 rings (SSSR count). The number of pyridine rings is 1. The first kappa shape index (κ1) is 9.00. The first-order chi connectivity index (χ1) is 5.83. The smallest absolute Gasteiger partial charge is 0.123 e. The highest BCUT2D eigenvalue weighted by Gasteiger charge is 1.92. The lowest BCUT2D eigenvalue weighted by molar-refractivity contribution is 0.716. The van der Waals surface area contributed by atoms with E-state index >= 15 is 0 Å². The summed E-state index contributed by atoms with van der Waals surface area (Å²) >= 11 is 0. The Kier molecular flexibility index (Phi) is 3.54. The average Bonchev–Trinajstić information content (AvgIpc) is 2.05. The van der Waals surface area contributed by atoms with E-state index in [-0.39, 0.29) is 0 Å². The third-order valence-electron chi connectivity index (χ3n) is 1.69. The van der Waals surface area contributed by atoms with Gasteiger partial charge in [-0.15, -0.1) is 0 Å². The van der Waals surface area contributed by atoms with E-state index in [1.807, 2.05) is 12.1 Å². The van der Waals surface area contributed by atoms with Gasteiger partial charge in [0.2, 0.25) is 0 Å². The number of hydrogen-bond acceptors (Lipinski definition) is 3. The summed E-state index contributed by atoms with van der Waals surface area (Å²) in [5, 5.41) is 3.25. The van der Waals surface area contributed by atoms with Crippen molar-refractivity contribution in [1.29, 1.82) is 0 Å². The van der Waals surface area contributed by atoms with Gasteiger partial charge in [0.05, 0.1) is 0 Å². The number of nitrogens with one attached hydrogen (secondary N) is 1. The monoisotopic (exact) mass is 165 g/mol. The predicted molar refractivity (Wildman–Crippen MR) is 50.9 cm³/mol. The van der Waals surface area contributed by atoms with Crippen molar-refractivity contribution < 1.29 is 0 Å². The van der Waals surface area contributed by atoms with Crippen LogP contribution in [-0.2, 0) is 6.42 Å². The van der Waals surface area contributed by atoms with Crippen LogP contribution in [-0.4, -0.2) is 18.1 Å². The minimum atomic E-state index is 0.601. The molecular weight excluding hydrogens is 150 g/mol. The largest absolute Gasteiger partial charge is 0.384 e. The van der Waals surface area contributed by atoms with Gasteiger partial charge in [-0.2, -0.15) is 0 Å². The zero-order valence-corrected chi connectivity index (χ0v) is 7.38. The topological polar surface area (TPSA) is 50.9 Å². The standard InChI is InChI=1S/C9H15N3/c1-2-11-5-3-8-4-6-12-9(10)7-8/h4,6-7,11H,2-3,5H2,1H3,(H2,10,12). The fraction of sp³-hybridized carbons (Fsp3) is 0.444. The molecule has 3 N–H and O–H groups in total. The summed E-state index contributed by atoms with van der Waals surface area (Å²) in [5.41, 5.74) is 6.77. The fourth-order valence-corrected chi connectivity index (χ4v) is 1.06. The molecule has 0 saturated heterocycles. The maximum Gasteiger partial charge on any atom is 0.123 e. The van der Waals surface area contributed by atoms with Crippen LogP contribution in [0.4, 0.5) is 5.82 Å². The molecule has 0 aromatic carbocycles. The minimum absolute atomic E-state index is 0.601. The van der Waals surface area contributed by atoms with Crippen molar-refractivity contribution in [3.8, 4) is 0 Å². The third-order valence-corrected chi connectivity index (χ3v) is 1.69. The van der Waals surface area contributed by atoms with E-state index in [1.54, 1.807) is 6.20 Å². The Bertz CT molecular complexity index is 235. The molecular formula is C9H15N3. The second kappa shape index (κ2) is 4.72. The summed E-state index contributed by atoms with van der Waals surface area (Å²) in [5.74, 6) is 0.601. The number of nitrogens with two attached hydrogens (primary N) is 1. The Hall–Kier alpha value is -1.09. The van der Waals surface area contributed by atoms with Crippen LogP contribution in [0.5, 0.6) is 0 Å². The van der Waals surface area contributed by atoms with Crippen LogP contribution in [0, 0.1) is 0 Å². The van der Waals surface area contributed by atoms with Crippen molar-refractivity contribution in [2.24, 2.45) is 0 Å². The van der Waals surface area contributed by atoms with Crippen molar-refractivity contribution in [3.05, 3.63) is 23.9 Å². The molecule has 1 aromatic rings. The minimum Gasteiger partial charge on any atom is -0.384 e. The molecule has 0 saturated carbocycles. The fourth-order valence-electron chi connectivity index (χ4n) is 1.06. The third kappa shape index (κ3) is 2.88. The number of hydrogen-bond donors (Lipinski definition) is 2. The van der Waals surface area contributed by atoms with E-state index in [1.165, 1.54) is 5.56 Å². The molecule has 0 fully saturated rings. The van der Waals surface area contributed by atoms with Gasteiger partial charge < -0.3 is 11.1 Å². The lowest BCUT2D eigenvalue weighted by atomic mass is 10.2. The first-order valence-corrected chi connectivity index (χ1v) is 4.24. The van der Waals surface area contributed by atoms with E-state index in [0.717, 1.165) is 19.5 Å². The lowest BCUT2D eigenvalue weighted by Crippen LogP contribution is -2.16. The molecule has 66 valence electrons. The zero-order valence-electron chi connectivity index (χ0n) is 7.38. The summed E-state index contributed by atoms with van der Waals surface area (Å²) < 4.78 is 0. The van der Waals surface area contributed by atoms with Gasteiger partial charge in [-0.25, -0.2) is 4.98 Å². The molecule has 0 spiro atoms. The van der Waals surface area contributed by atoms with Gasteiger partial charge in [0.15, 0.2) is 0 Å². The summed E-state index contributed by atoms with van der Waals surface area (Å²) in [7, 11) is 0. The second-order valence-electron chi connectivity index (χ2n) is 2.69. The number of nitrogens with zero attached hydrogens (tertiary/aromatic N) is 1. The Morgan fingerprint density at radius 3 is 3.08 bits per heavy atom. The van der Waals surface area contributed by atoms with Gasteiger partial charge in [-0.05, 0) is 37.2 Å². The van der Waals surface area contributed by atoms with E-state index in [4.69, 9.17) is 5.73 Å². The van der Waals surface area contributed by atoms with E-state index in [0.29, 0.717) is 5.82 Å². The maximum absolute atomic E-state index is 5.53. The van der Waals surface area contributed by atoms with Gasteiger partial charge in [-0.1, -0.05) is 6.92 Å². The van der Waals surface area contributed by atoms with Crippen molar-refractivity contribution in [3.63, 3.8) is 0 Å². The molecule has 0 amide bonds. The van der Waals surface area contributed by atoms with Crippen molar-refractivity contribution in [1.82, 2.24) is 10.3 Å². The highest BCUT2D eigenvalue weighted by molar-refractivity contribution is 5.31. The number of rotatable bonds is 4. The summed E-state index contributed by atoms with van der Waals surface area (Å²) in [4.78, 5) is 3.93. The van der Waals surface area contributed by atoms with Crippen LogP contribution in [0.1, 0.15) is 12.5 Å². The molecule has 0 aliphatic heterocycles. The molecule has 12 heavy (non-hydrogen) atoms. The summed E-state index contributed by atoms with van der Waals surface area (Å²) in [6.45, 7) is 4.11. The molecule has 3 nitrogen and oxygen atoms in total. The van der Waals surface area contributed by atoms with Gasteiger partial charge in [0.25, 0.3) is 0 Å². The molecule has 0 unspecified atom stereocenters. The van der Waals surface area contributed by atoms with E-state index < -0.39 is 0 Å². The van der Waals surface area contributed by atoms with Gasteiger partial charge >= 0.3 is 0 Å². The molecule has 1 heterocycles. The SMILES string of the molecule is CCNCCc1ccnc(N)c1. The molecule has 0 aliphatic carbocycles.